The van der Waals surface area contributed by atoms with Gasteiger partial charge in [0, 0.05) is 39.1 Å². The summed E-state index contributed by atoms with van der Waals surface area (Å²) in [5, 5.41) is 6.75. The van der Waals surface area contributed by atoms with Gasteiger partial charge in [-0.3, -0.25) is 4.99 Å². The zero-order valence-corrected chi connectivity index (χ0v) is 15.0. The lowest BCUT2D eigenvalue weighted by Gasteiger charge is -2.13. The number of nitrogens with zero attached hydrogens (tertiary/aromatic N) is 3. The molecule has 0 radical (unpaired) electrons. The highest BCUT2D eigenvalue weighted by atomic mass is 15.2. The summed E-state index contributed by atoms with van der Waals surface area (Å²) < 4.78 is 2.07. The molecule has 0 aliphatic carbocycles. The summed E-state index contributed by atoms with van der Waals surface area (Å²) in [6.45, 7) is 7.07. The van der Waals surface area contributed by atoms with Crippen molar-refractivity contribution in [3.8, 4) is 0 Å². The van der Waals surface area contributed by atoms with Gasteiger partial charge in [0.15, 0.2) is 5.96 Å². The molecule has 0 saturated carbocycles. The molecule has 0 unspecified atom stereocenters. The largest absolute Gasteiger partial charge is 0.356 e. The molecule has 5 heteroatoms. The van der Waals surface area contributed by atoms with Crippen LogP contribution in [0, 0.1) is 5.92 Å². The van der Waals surface area contributed by atoms with Crippen molar-refractivity contribution >= 4 is 5.96 Å². The highest BCUT2D eigenvalue weighted by molar-refractivity contribution is 5.79. The van der Waals surface area contributed by atoms with E-state index < -0.39 is 0 Å². The third-order valence-electron chi connectivity index (χ3n) is 3.85. The van der Waals surface area contributed by atoms with Crippen molar-refractivity contribution < 1.29 is 0 Å². The van der Waals surface area contributed by atoms with Crippen molar-refractivity contribution in [2.24, 2.45) is 10.9 Å². The first-order valence-corrected chi connectivity index (χ1v) is 8.65. The van der Waals surface area contributed by atoms with Crippen molar-refractivity contribution in [2.75, 3.05) is 13.6 Å². The van der Waals surface area contributed by atoms with Gasteiger partial charge in [0.05, 0.1) is 6.33 Å². The quantitative estimate of drug-likeness (QED) is 0.445. The Kier molecular flexibility index (Phi) is 7.33. The first-order valence-electron chi connectivity index (χ1n) is 8.65. The number of hydrogen-bond acceptors (Lipinski definition) is 2. The lowest BCUT2D eigenvalue weighted by molar-refractivity contribution is 0.549. The van der Waals surface area contributed by atoms with Gasteiger partial charge in [0.2, 0.25) is 0 Å². The summed E-state index contributed by atoms with van der Waals surface area (Å²) in [6.07, 6.45) is 8.03. The fourth-order valence-corrected chi connectivity index (χ4v) is 2.55. The lowest BCUT2D eigenvalue weighted by Crippen LogP contribution is -2.37. The van der Waals surface area contributed by atoms with E-state index >= 15 is 0 Å². The highest BCUT2D eigenvalue weighted by Gasteiger charge is 2.01. The molecular weight excluding hydrogens is 298 g/mol. The van der Waals surface area contributed by atoms with Crippen molar-refractivity contribution in [1.82, 2.24) is 20.2 Å². The SMILES string of the molecule is CN=C(NCCCC(C)C)NCc1cccc(Cn2ccnc2)c1. The molecule has 0 atom stereocenters. The fraction of sp³-hybridized carbons (Fsp3) is 0.474. The van der Waals surface area contributed by atoms with Crippen LogP contribution in [-0.2, 0) is 13.1 Å². The zero-order chi connectivity index (χ0) is 17.2. The van der Waals surface area contributed by atoms with E-state index in [2.05, 4.69) is 63.3 Å². The monoisotopic (exact) mass is 327 g/mol. The summed E-state index contributed by atoms with van der Waals surface area (Å²) >= 11 is 0. The van der Waals surface area contributed by atoms with E-state index in [0.717, 1.165) is 31.5 Å². The van der Waals surface area contributed by atoms with E-state index in [1.807, 2.05) is 19.6 Å². The van der Waals surface area contributed by atoms with E-state index in [1.54, 1.807) is 6.20 Å². The van der Waals surface area contributed by atoms with Crippen LogP contribution in [0.5, 0.6) is 0 Å². The summed E-state index contributed by atoms with van der Waals surface area (Å²) in [5.74, 6) is 1.61. The molecule has 0 spiro atoms. The summed E-state index contributed by atoms with van der Waals surface area (Å²) in [7, 11) is 1.81. The first kappa shape index (κ1) is 18.0. The van der Waals surface area contributed by atoms with Gasteiger partial charge >= 0.3 is 0 Å². The molecule has 0 amide bonds. The third kappa shape index (κ3) is 6.44. The molecule has 0 bridgehead atoms. The first-order chi connectivity index (χ1) is 11.7. The molecule has 2 N–H and O–H groups in total. The maximum Gasteiger partial charge on any atom is 0.191 e. The molecule has 2 aromatic rings. The van der Waals surface area contributed by atoms with Crippen molar-refractivity contribution in [3.63, 3.8) is 0 Å². The van der Waals surface area contributed by atoms with Crippen molar-refractivity contribution in [3.05, 3.63) is 54.1 Å². The van der Waals surface area contributed by atoms with E-state index in [9.17, 15) is 0 Å². The number of hydrogen-bond donors (Lipinski definition) is 2. The van der Waals surface area contributed by atoms with Gasteiger partial charge in [-0.2, -0.15) is 0 Å². The van der Waals surface area contributed by atoms with Gasteiger partial charge in [-0.1, -0.05) is 38.1 Å². The van der Waals surface area contributed by atoms with Crippen LogP contribution in [0.15, 0.2) is 48.0 Å². The van der Waals surface area contributed by atoms with Crippen LogP contribution in [-0.4, -0.2) is 29.1 Å². The number of nitrogens with one attached hydrogen (secondary N) is 2. The van der Waals surface area contributed by atoms with Crippen LogP contribution in [0.1, 0.15) is 37.8 Å². The smallest absolute Gasteiger partial charge is 0.191 e. The molecular formula is C19H29N5. The van der Waals surface area contributed by atoms with Crippen molar-refractivity contribution in [1.29, 1.82) is 0 Å². The number of rotatable bonds is 8. The third-order valence-corrected chi connectivity index (χ3v) is 3.85. The predicted octanol–water partition coefficient (Wildman–Crippen LogP) is 3.03. The van der Waals surface area contributed by atoms with Crippen LogP contribution in [0.3, 0.4) is 0 Å². The molecule has 1 aromatic heterocycles. The van der Waals surface area contributed by atoms with Crippen LogP contribution in [0.2, 0.25) is 0 Å². The molecule has 0 aliphatic rings. The maximum atomic E-state index is 4.29. The molecule has 0 fully saturated rings. The Labute approximate surface area is 145 Å². The Morgan fingerprint density at radius 1 is 1.25 bits per heavy atom. The Bertz CT molecular complexity index is 616. The molecule has 24 heavy (non-hydrogen) atoms. The minimum absolute atomic E-state index is 0.750. The molecule has 130 valence electrons. The van der Waals surface area contributed by atoms with Crippen LogP contribution >= 0.6 is 0 Å². The second kappa shape index (κ2) is 9.75. The molecule has 5 nitrogen and oxygen atoms in total. The van der Waals surface area contributed by atoms with Crippen LogP contribution in [0.4, 0.5) is 0 Å². The van der Waals surface area contributed by atoms with Gasteiger partial charge < -0.3 is 15.2 Å². The molecule has 1 aromatic carbocycles. The Balaban J connectivity index is 1.80. The minimum Gasteiger partial charge on any atom is -0.356 e. The van der Waals surface area contributed by atoms with E-state index in [4.69, 9.17) is 0 Å². The van der Waals surface area contributed by atoms with E-state index in [-0.39, 0.29) is 0 Å². The predicted molar refractivity (Wildman–Crippen MR) is 100 cm³/mol. The molecule has 0 aliphatic heterocycles. The van der Waals surface area contributed by atoms with Gasteiger partial charge in [0.1, 0.15) is 0 Å². The van der Waals surface area contributed by atoms with E-state index in [0.29, 0.717) is 0 Å². The maximum absolute atomic E-state index is 4.29. The molecule has 0 saturated heterocycles. The summed E-state index contributed by atoms with van der Waals surface area (Å²) in [6, 6.07) is 8.60. The fourth-order valence-electron chi connectivity index (χ4n) is 2.55. The lowest BCUT2D eigenvalue weighted by atomic mass is 10.1. The van der Waals surface area contributed by atoms with Gasteiger partial charge in [-0.05, 0) is 29.9 Å². The number of aromatic nitrogens is 2. The Morgan fingerprint density at radius 3 is 2.79 bits per heavy atom. The van der Waals surface area contributed by atoms with Crippen molar-refractivity contribution in [2.45, 2.75) is 39.8 Å². The second-order valence-corrected chi connectivity index (χ2v) is 6.44. The molecule has 2 rings (SSSR count). The van der Waals surface area contributed by atoms with Crippen LogP contribution < -0.4 is 10.6 Å². The summed E-state index contributed by atoms with van der Waals surface area (Å²) in [4.78, 5) is 8.37. The Morgan fingerprint density at radius 2 is 2.08 bits per heavy atom. The number of benzene rings is 1. The Hall–Kier alpha value is -2.30. The second-order valence-electron chi connectivity index (χ2n) is 6.44. The molecule has 1 heterocycles. The van der Waals surface area contributed by atoms with Gasteiger partial charge in [-0.25, -0.2) is 4.98 Å². The highest BCUT2D eigenvalue weighted by Crippen LogP contribution is 2.07. The average molecular weight is 327 g/mol. The minimum atomic E-state index is 0.750. The topological polar surface area (TPSA) is 54.2 Å². The number of aliphatic imine (C=N–C) groups is 1. The number of imidazole rings is 1. The van der Waals surface area contributed by atoms with Gasteiger partial charge in [-0.15, -0.1) is 0 Å². The average Bonchev–Trinajstić information content (AvgIpc) is 3.07. The zero-order valence-electron chi connectivity index (χ0n) is 15.0. The van der Waals surface area contributed by atoms with Crippen LogP contribution in [0.25, 0.3) is 0 Å². The van der Waals surface area contributed by atoms with E-state index in [1.165, 1.54) is 24.0 Å². The normalized spacial score (nSPS) is 11.8. The standard InChI is InChI=1S/C19H29N5/c1-16(2)6-5-9-22-19(20-3)23-13-17-7-4-8-18(12-17)14-24-11-10-21-15-24/h4,7-8,10-12,15-16H,5-6,9,13-14H2,1-3H3,(H2,20,22,23). The number of guanidine groups is 1. The summed E-state index contributed by atoms with van der Waals surface area (Å²) in [5.41, 5.74) is 2.52. The van der Waals surface area contributed by atoms with Gasteiger partial charge in [0.25, 0.3) is 0 Å².